The molecule has 0 aliphatic carbocycles. The van der Waals surface area contributed by atoms with Crippen LogP contribution in [0.2, 0.25) is 0 Å². The lowest BCUT2D eigenvalue weighted by molar-refractivity contribution is 0.582. The number of thiazole rings is 1. The average Bonchev–Trinajstić information content (AvgIpc) is 2.26. The fraction of sp³-hybridized carbons (Fsp3) is 0.667. The van der Waals surface area contributed by atoms with Crippen molar-refractivity contribution in [3.05, 3.63) is 10.6 Å². The molecule has 0 saturated carbocycles. The van der Waals surface area contributed by atoms with Crippen molar-refractivity contribution in [2.24, 2.45) is 5.92 Å². The molecule has 0 fully saturated rings. The van der Waals surface area contributed by atoms with Gasteiger partial charge in [0, 0.05) is 4.88 Å². The summed E-state index contributed by atoms with van der Waals surface area (Å²) in [7, 11) is 0. The fourth-order valence-corrected chi connectivity index (χ4v) is 1.84. The predicted molar refractivity (Wildman–Crippen MR) is 54.4 cm³/mol. The molecule has 0 unspecified atom stereocenters. The van der Waals surface area contributed by atoms with Crippen LogP contribution < -0.4 is 5.73 Å². The van der Waals surface area contributed by atoms with Crippen molar-refractivity contribution in [2.75, 3.05) is 5.73 Å². The lowest BCUT2D eigenvalue weighted by atomic mass is 10.1. The van der Waals surface area contributed by atoms with E-state index in [2.05, 4.69) is 25.8 Å². The minimum Gasteiger partial charge on any atom is -0.375 e. The number of rotatable bonds is 3. The number of nitrogen functional groups attached to an aromatic ring is 1. The molecule has 2 N–H and O–H groups in total. The molecular formula is C9H16N2S. The molecule has 0 saturated heterocycles. The first-order valence-corrected chi connectivity index (χ1v) is 5.13. The maximum Gasteiger partial charge on any atom is 0.180 e. The van der Waals surface area contributed by atoms with E-state index in [0.29, 0.717) is 5.13 Å². The van der Waals surface area contributed by atoms with Gasteiger partial charge < -0.3 is 5.73 Å². The van der Waals surface area contributed by atoms with Gasteiger partial charge in [-0.3, -0.25) is 0 Å². The average molecular weight is 184 g/mol. The lowest BCUT2D eigenvalue weighted by Gasteiger charge is -2.01. The zero-order valence-electron chi connectivity index (χ0n) is 7.92. The Hall–Kier alpha value is -0.570. The molecule has 68 valence electrons. The second-order valence-electron chi connectivity index (χ2n) is 3.49. The smallest absolute Gasteiger partial charge is 0.180 e. The fourth-order valence-electron chi connectivity index (χ4n) is 1.11. The van der Waals surface area contributed by atoms with E-state index in [4.69, 9.17) is 5.73 Å². The normalized spacial score (nSPS) is 11.0. The van der Waals surface area contributed by atoms with Gasteiger partial charge in [-0.05, 0) is 25.7 Å². The van der Waals surface area contributed by atoms with Crippen LogP contribution >= 0.6 is 11.3 Å². The zero-order valence-corrected chi connectivity index (χ0v) is 8.74. The first-order valence-electron chi connectivity index (χ1n) is 4.31. The number of nitrogens with zero attached hydrogens (tertiary/aromatic N) is 1. The van der Waals surface area contributed by atoms with Crippen molar-refractivity contribution in [3.8, 4) is 0 Å². The monoisotopic (exact) mass is 184 g/mol. The summed E-state index contributed by atoms with van der Waals surface area (Å²) in [6.45, 7) is 6.54. The Morgan fingerprint density at radius 2 is 2.17 bits per heavy atom. The Labute approximate surface area is 77.8 Å². The lowest BCUT2D eigenvalue weighted by Crippen LogP contribution is -1.94. The minimum atomic E-state index is 0.700. The molecule has 12 heavy (non-hydrogen) atoms. The minimum absolute atomic E-state index is 0.700. The summed E-state index contributed by atoms with van der Waals surface area (Å²) in [5, 5.41) is 0.700. The largest absolute Gasteiger partial charge is 0.375 e. The van der Waals surface area contributed by atoms with Gasteiger partial charge in [-0.1, -0.05) is 13.8 Å². The van der Waals surface area contributed by atoms with E-state index in [1.165, 1.54) is 17.0 Å². The van der Waals surface area contributed by atoms with Gasteiger partial charge >= 0.3 is 0 Å². The van der Waals surface area contributed by atoms with Crippen molar-refractivity contribution in [2.45, 2.75) is 33.6 Å². The molecule has 1 heterocycles. The quantitative estimate of drug-likeness (QED) is 0.784. The molecule has 0 bridgehead atoms. The highest BCUT2D eigenvalue weighted by Crippen LogP contribution is 2.21. The Bertz CT molecular complexity index is 253. The van der Waals surface area contributed by atoms with Gasteiger partial charge in [0.25, 0.3) is 0 Å². The van der Waals surface area contributed by atoms with Crippen LogP contribution in [0.1, 0.15) is 30.8 Å². The predicted octanol–water partition coefficient (Wildman–Crippen LogP) is 2.62. The molecule has 0 amide bonds. The van der Waals surface area contributed by atoms with Gasteiger partial charge in [-0.15, -0.1) is 11.3 Å². The number of anilines is 1. The molecule has 1 aromatic rings. The van der Waals surface area contributed by atoms with Crippen molar-refractivity contribution in [3.63, 3.8) is 0 Å². The summed E-state index contributed by atoms with van der Waals surface area (Å²) >= 11 is 1.59. The van der Waals surface area contributed by atoms with E-state index >= 15 is 0 Å². The first kappa shape index (κ1) is 9.52. The second kappa shape index (κ2) is 3.90. The van der Waals surface area contributed by atoms with E-state index < -0.39 is 0 Å². The number of hydrogen-bond acceptors (Lipinski definition) is 3. The number of aromatic nitrogens is 1. The van der Waals surface area contributed by atoms with Gasteiger partial charge in [0.2, 0.25) is 0 Å². The first-order chi connectivity index (χ1) is 5.59. The Morgan fingerprint density at radius 1 is 1.50 bits per heavy atom. The highest BCUT2D eigenvalue weighted by molar-refractivity contribution is 7.15. The molecule has 0 aliphatic rings. The van der Waals surface area contributed by atoms with Crippen molar-refractivity contribution >= 4 is 16.5 Å². The van der Waals surface area contributed by atoms with Crippen LogP contribution in [0.25, 0.3) is 0 Å². The van der Waals surface area contributed by atoms with Crippen molar-refractivity contribution in [1.82, 2.24) is 4.98 Å². The van der Waals surface area contributed by atoms with Gasteiger partial charge in [-0.25, -0.2) is 4.98 Å². The maximum absolute atomic E-state index is 5.59. The second-order valence-corrected chi connectivity index (χ2v) is 4.72. The third kappa shape index (κ3) is 2.48. The van der Waals surface area contributed by atoms with Crippen LogP contribution in [0.3, 0.4) is 0 Å². The number of aryl methyl sites for hydroxylation is 2. The molecule has 0 spiro atoms. The maximum atomic E-state index is 5.59. The molecule has 2 nitrogen and oxygen atoms in total. The van der Waals surface area contributed by atoms with Gasteiger partial charge in [0.15, 0.2) is 5.13 Å². The van der Waals surface area contributed by atoms with E-state index in [1.54, 1.807) is 11.3 Å². The third-order valence-electron chi connectivity index (χ3n) is 1.87. The van der Waals surface area contributed by atoms with Gasteiger partial charge in [-0.2, -0.15) is 0 Å². The van der Waals surface area contributed by atoms with Crippen LogP contribution in [0.5, 0.6) is 0 Å². The Balaban J connectivity index is 2.57. The van der Waals surface area contributed by atoms with E-state index in [-0.39, 0.29) is 0 Å². The number of hydrogen-bond donors (Lipinski definition) is 1. The van der Waals surface area contributed by atoms with Crippen LogP contribution in [-0.4, -0.2) is 4.98 Å². The van der Waals surface area contributed by atoms with E-state index in [9.17, 15) is 0 Å². The van der Waals surface area contributed by atoms with Crippen molar-refractivity contribution in [1.29, 1.82) is 0 Å². The molecule has 0 aliphatic heterocycles. The topological polar surface area (TPSA) is 38.9 Å². The standard InChI is InChI=1S/C9H16N2S/c1-6(2)4-5-8-7(3)12-9(10)11-8/h6H,4-5H2,1-3H3,(H2,10,11). The Morgan fingerprint density at radius 3 is 2.58 bits per heavy atom. The van der Waals surface area contributed by atoms with Gasteiger partial charge in [0.1, 0.15) is 0 Å². The molecule has 0 atom stereocenters. The summed E-state index contributed by atoms with van der Waals surface area (Å²) in [5.41, 5.74) is 6.78. The third-order valence-corrected chi connectivity index (χ3v) is 2.71. The Kier molecular flexibility index (Phi) is 3.09. The van der Waals surface area contributed by atoms with E-state index in [1.807, 2.05) is 0 Å². The molecule has 1 aromatic heterocycles. The SMILES string of the molecule is Cc1sc(N)nc1CCC(C)C. The summed E-state index contributed by atoms with van der Waals surface area (Å²) in [4.78, 5) is 5.55. The van der Waals surface area contributed by atoms with Gasteiger partial charge in [0.05, 0.1) is 5.69 Å². The number of nitrogens with two attached hydrogens (primary N) is 1. The van der Waals surface area contributed by atoms with E-state index in [0.717, 1.165) is 12.3 Å². The molecule has 3 heteroatoms. The highest BCUT2D eigenvalue weighted by atomic mass is 32.1. The summed E-state index contributed by atoms with van der Waals surface area (Å²) in [6.07, 6.45) is 2.27. The summed E-state index contributed by atoms with van der Waals surface area (Å²) in [5.74, 6) is 0.743. The van der Waals surface area contributed by atoms with Crippen LogP contribution in [-0.2, 0) is 6.42 Å². The van der Waals surface area contributed by atoms with Crippen LogP contribution in [0.4, 0.5) is 5.13 Å². The van der Waals surface area contributed by atoms with Crippen molar-refractivity contribution < 1.29 is 0 Å². The summed E-state index contributed by atoms with van der Waals surface area (Å²) in [6, 6.07) is 0. The molecule has 1 rings (SSSR count). The zero-order chi connectivity index (χ0) is 9.14. The molecule has 0 radical (unpaired) electrons. The van der Waals surface area contributed by atoms with Crippen LogP contribution in [0.15, 0.2) is 0 Å². The molecular weight excluding hydrogens is 168 g/mol. The highest BCUT2D eigenvalue weighted by Gasteiger charge is 2.05. The van der Waals surface area contributed by atoms with Crippen LogP contribution in [0, 0.1) is 12.8 Å². The summed E-state index contributed by atoms with van der Waals surface area (Å²) < 4.78 is 0. The molecule has 0 aromatic carbocycles.